The van der Waals surface area contributed by atoms with Crippen LogP contribution in [0.3, 0.4) is 0 Å². The van der Waals surface area contributed by atoms with Gasteiger partial charge in [-0.2, -0.15) is 0 Å². The van der Waals surface area contributed by atoms with Crippen LogP contribution in [0, 0.1) is 0 Å². The van der Waals surface area contributed by atoms with E-state index in [1.54, 1.807) is 11.3 Å². The van der Waals surface area contributed by atoms with Gasteiger partial charge < -0.3 is 5.32 Å². The Bertz CT molecular complexity index is 304. The summed E-state index contributed by atoms with van der Waals surface area (Å²) in [6, 6.07) is 1.18. The molecule has 5 heteroatoms. The zero-order valence-electron chi connectivity index (χ0n) is 10.3. The average Bonchev–Trinajstić information content (AvgIpc) is 2.57. The fraction of sp³-hybridized carbons (Fsp3) is 0.727. The lowest BCUT2D eigenvalue weighted by Gasteiger charge is -2.30. The number of rotatable bonds is 6. The second-order valence-electron chi connectivity index (χ2n) is 4.33. The van der Waals surface area contributed by atoms with Crippen LogP contribution in [0.1, 0.15) is 27.7 Å². The van der Waals surface area contributed by atoms with E-state index in [-0.39, 0.29) is 0 Å². The van der Waals surface area contributed by atoms with Crippen LogP contribution in [-0.2, 0) is 0 Å². The van der Waals surface area contributed by atoms with Crippen LogP contribution < -0.4 is 5.32 Å². The van der Waals surface area contributed by atoms with Crippen LogP contribution in [0.5, 0.6) is 0 Å². The lowest BCUT2D eigenvalue weighted by atomic mass is 10.2. The number of hydrogen-bond donors (Lipinski definition) is 1. The summed E-state index contributed by atoms with van der Waals surface area (Å²) >= 11 is 4.98. The van der Waals surface area contributed by atoms with Crippen molar-refractivity contribution in [1.82, 2.24) is 9.88 Å². The van der Waals surface area contributed by atoms with E-state index < -0.39 is 0 Å². The van der Waals surface area contributed by atoms with Crippen LogP contribution >= 0.6 is 27.3 Å². The second-order valence-corrected chi connectivity index (χ2v) is 6.00. The first-order chi connectivity index (χ1) is 7.50. The van der Waals surface area contributed by atoms with Gasteiger partial charge in [-0.1, -0.05) is 0 Å². The molecule has 0 saturated heterocycles. The fourth-order valence-electron chi connectivity index (χ4n) is 1.74. The third-order valence-electron chi connectivity index (χ3n) is 2.45. The summed E-state index contributed by atoms with van der Waals surface area (Å²) in [6.45, 7) is 10.9. The molecule has 0 aromatic carbocycles. The number of hydrogen-bond acceptors (Lipinski definition) is 4. The van der Waals surface area contributed by atoms with Crippen molar-refractivity contribution >= 4 is 32.4 Å². The summed E-state index contributed by atoms with van der Waals surface area (Å²) in [5, 5.41) is 6.32. The highest BCUT2D eigenvalue weighted by molar-refractivity contribution is 9.10. The third-order valence-corrected chi connectivity index (χ3v) is 3.96. The Hall–Kier alpha value is -0.130. The molecule has 0 saturated carbocycles. The Morgan fingerprint density at radius 2 is 2.00 bits per heavy atom. The van der Waals surface area contributed by atoms with Crippen molar-refractivity contribution in [3.63, 3.8) is 0 Å². The normalized spacial score (nSPS) is 11.8. The number of nitrogens with zero attached hydrogens (tertiary/aromatic N) is 2. The molecule has 1 aromatic heterocycles. The van der Waals surface area contributed by atoms with Gasteiger partial charge in [0.25, 0.3) is 0 Å². The molecule has 3 nitrogen and oxygen atoms in total. The zero-order valence-corrected chi connectivity index (χ0v) is 12.7. The maximum absolute atomic E-state index is 4.30. The number of nitrogens with one attached hydrogen (secondary N) is 1. The van der Waals surface area contributed by atoms with Gasteiger partial charge in [0.2, 0.25) is 0 Å². The Morgan fingerprint density at radius 1 is 1.38 bits per heavy atom. The van der Waals surface area contributed by atoms with Crippen LogP contribution in [-0.4, -0.2) is 35.1 Å². The largest absolute Gasteiger partial charge is 0.360 e. The molecule has 0 spiro atoms. The molecule has 0 radical (unpaired) electrons. The Balaban J connectivity index is 2.33. The summed E-state index contributed by atoms with van der Waals surface area (Å²) in [5.74, 6) is 0. The first-order valence-corrected chi connectivity index (χ1v) is 7.28. The summed E-state index contributed by atoms with van der Waals surface area (Å²) in [4.78, 5) is 6.77. The molecule has 16 heavy (non-hydrogen) atoms. The minimum absolute atomic E-state index is 0.588. The quantitative estimate of drug-likeness (QED) is 0.872. The highest BCUT2D eigenvalue weighted by atomic mass is 79.9. The molecule has 1 heterocycles. The van der Waals surface area contributed by atoms with Crippen molar-refractivity contribution in [3.8, 4) is 0 Å². The van der Waals surface area contributed by atoms with Crippen molar-refractivity contribution in [2.45, 2.75) is 39.8 Å². The first-order valence-electron chi connectivity index (χ1n) is 5.61. The van der Waals surface area contributed by atoms with Gasteiger partial charge in [0.1, 0.15) is 4.60 Å². The molecule has 0 aliphatic heterocycles. The van der Waals surface area contributed by atoms with Gasteiger partial charge in [-0.25, -0.2) is 4.98 Å². The molecular weight excluding hydrogens is 286 g/mol. The molecule has 92 valence electrons. The Labute approximate surface area is 110 Å². The average molecular weight is 306 g/mol. The van der Waals surface area contributed by atoms with Crippen LogP contribution in [0.2, 0.25) is 0 Å². The summed E-state index contributed by atoms with van der Waals surface area (Å²) < 4.78 is 0.907. The standard InChI is InChI=1S/C11H20BrN3S/c1-8(2)15(9(3)4)6-5-13-11-14-10(12)7-16-11/h7-9H,5-6H2,1-4H3,(H,13,14). The predicted molar refractivity (Wildman–Crippen MR) is 75.3 cm³/mol. The molecule has 0 fully saturated rings. The molecule has 1 N–H and O–H groups in total. The van der Waals surface area contributed by atoms with Crippen molar-refractivity contribution < 1.29 is 0 Å². The Kier molecular flexibility index (Phi) is 5.72. The molecule has 0 unspecified atom stereocenters. The van der Waals surface area contributed by atoms with Gasteiger partial charge in [0, 0.05) is 30.6 Å². The van der Waals surface area contributed by atoms with E-state index >= 15 is 0 Å². The minimum Gasteiger partial charge on any atom is -0.360 e. The third kappa shape index (κ3) is 4.39. The highest BCUT2D eigenvalue weighted by Crippen LogP contribution is 2.19. The van der Waals surface area contributed by atoms with Gasteiger partial charge >= 0.3 is 0 Å². The van der Waals surface area contributed by atoms with E-state index in [2.05, 4.69) is 58.8 Å². The minimum atomic E-state index is 0.588. The summed E-state index contributed by atoms with van der Waals surface area (Å²) in [7, 11) is 0. The van der Waals surface area contributed by atoms with Gasteiger partial charge in [-0.15, -0.1) is 11.3 Å². The molecule has 0 amide bonds. The Morgan fingerprint density at radius 3 is 2.44 bits per heavy atom. The van der Waals surface area contributed by atoms with Gasteiger partial charge in [-0.05, 0) is 43.6 Å². The monoisotopic (exact) mass is 305 g/mol. The van der Waals surface area contributed by atoms with Crippen LogP contribution in [0.4, 0.5) is 5.13 Å². The number of aromatic nitrogens is 1. The maximum Gasteiger partial charge on any atom is 0.183 e. The summed E-state index contributed by atoms with van der Waals surface area (Å²) in [6.07, 6.45) is 0. The number of halogens is 1. The highest BCUT2D eigenvalue weighted by Gasteiger charge is 2.12. The van der Waals surface area contributed by atoms with Crippen molar-refractivity contribution in [2.24, 2.45) is 0 Å². The van der Waals surface area contributed by atoms with E-state index in [1.165, 1.54) is 0 Å². The SMILES string of the molecule is CC(C)N(CCNc1nc(Br)cs1)C(C)C. The molecular formula is C11H20BrN3S. The fourth-order valence-corrected chi connectivity index (χ4v) is 2.91. The summed E-state index contributed by atoms with van der Waals surface area (Å²) in [5.41, 5.74) is 0. The molecule has 1 aromatic rings. The molecule has 0 aliphatic rings. The first kappa shape index (κ1) is 13.9. The lowest BCUT2D eigenvalue weighted by molar-refractivity contribution is 0.182. The van der Waals surface area contributed by atoms with Crippen molar-refractivity contribution in [1.29, 1.82) is 0 Å². The topological polar surface area (TPSA) is 28.2 Å². The van der Waals surface area contributed by atoms with Crippen LogP contribution in [0.15, 0.2) is 9.98 Å². The molecule has 0 atom stereocenters. The number of thiazole rings is 1. The van der Waals surface area contributed by atoms with Crippen molar-refractivity contribution in [2.75, 3.05) is 18.4 Å². The smallest absolute Gasteiger partial charge is 0.183 e. The van der Waals surface area contributed by atoms with Crippen LogP contribution in [0.25, 0.3) is 0 Å². The zero-order chi connectivity index (χ0) is 12.1. The molecule has 1 rings (SSSR count). The number of anilines is 1. The molecule has 0 bridgehead atoms. The van der Waals surface area contributed by atoms with E-state index in [1.807, 2.05) is 5.38 Å². The van der Waals surface area contributed by atoms with Gasteiger partial charge in [0.05, 0.1) is 0 Å². The lowest BCUT2D eigenvalue weighted by Crippen LogP contribution is -2.40. The van der Waals surface area contributed by atoms with Gasteiger partial charge in [0.15, 0.2) is 5.13 Å². The second kappa shape index (κ2) is 6.57. The van der Waals surface area contributed by atoms with Crippen molar-refractivity contribution in [3.05, 3.63) is 9.98 Å². The van der Waals surface area contributed by atoms with Gasteiger partial charge in [-0.3, -0.25) is 4.90 Å². The van der Waals surface area contributed by atoms with E-state index in [0.29, 0.717) is 12.1 Å². The van der Waals surface area contributed by atoms with E-state index in [4.69, 9.17) is 0 Å². The molecule has 0 aliphatic carbocycles. The van der Waals surface area contributed by atoms with E-state index in [0.717, 1.165) is 22.8 Å². The maximum atomic E-state index is 4.30. The predicted octanol–water partition coefficient (Wildman–Crippen LogP) is 3.44. The van der Waals surface area contributed by atoms with E-state index in [9.17, 15) is 0 Å².